The standard InChI is InChI=1S/C19H21ClN6O.C2HF3O2/c20-13-5-1-3-7-15(13)24-19(27)12-11-22-26-10-9-17(25-18(12)26)23-16-8-4-2-6-14(16)21;3-2(4,5)1(6)7/h1,3,5,7,9-11,14,16H,2,4,6,8,21H2,(H,23,25)(H,24,27);(H,6,7)/t14-,16+;/m0./s1. The monoisotopic (exact) mass is 498 g/mol. The second kappa shape index (κ2) is 10.7. The number of aromatic nitrogens is 3. The van der Waals surface area contributed by atoms with Gasteiger partial charge in [-0.3, -0.25) is 4.79 Å². The van der Waals surface area contributed by atoms with Gasteiger partial charge < -0.3 is 21.5 Å². The van der Waals surface area contributed by atoms with E-state index in [1.807, 2.05) is 18.2 Å². The fourth-order valence-corrected chi connectivity index (χ4v) is 3.57. The van der Waals surface area contributed by atoms with Gasteiger partial charge in [0.1, 0.15) is 11.4 Å². The average molecular weight is 499 g/mol. The van der Waals surface area contributed by atoms with Crippen molar-refractivity contribution in [2.45, 2.75) is 43.9 Å². The van der Waals surface area contributed by atoms with Crippen LogP contribution in [0.25, 0.3) is 5.65 Å². The second-order valence-corrected chi connectivity index (χ2v) is 7.98. The van der Waals surface area contributed by atoms with Crippen LogP contribution < -0.4 is 16.4 Å². The van der Waals surface area contributed by atoms with E-state index in [1.54, 1.807) is 22.8 Å². The molecular formula is C21H22ClF3N6O3. The van der Waals surface area contributed by atoms with Crippen molar-refractivity contribution in [2.75, 3.05) is 10.6 Å². The van der Waals surface area contributed by atoms with E-state index in [-0.39, 0.29) is 18.0 Å². The first-order chi connectivity index (χ1) is 16.1. The molecule has 0 aliphatic heterocycles. The Bertz CT molecular complexity index is 1170. The van der Waals surface area contributed by atoms with Crippen LogP contribution in [0.1, 0.15) is 36.0 Å². The van der Waals surface area contributed by atoms with Gasteiger partial charge in [0, 0.05) is 18.3 Å². The fraction of sp³-hybridized carbons (Fsp3) is 0.333. The number of hydrogen-bond donors (Lipinski definition) is 4. The molecule has 0 saturated heterocycles. The van der Waals surface area contributed by atoms with E-state index in [0.29, 0.717) is 27.7 Å². The van der Waals surface area contributed by atoms with Crippen molar-refractivity contribution >= 4 is 40.6 Å². The van der Waals surface area contributed by atoms with Crippen LogP contribution in [-0.4, -0.2) is 49.8 Å². The van der Waals surface area contributed by atoms with Crippen molar-refractivity contribution in [3.8, 4) is 0 Å². The maximum atomic E-state index is 12.7. The zero-order chi connectivity index (χ0) is 24.9. The third kappa shape index (κ3) is 6.35. The third-order valence-electron chi connectivity index (χ3n) is 5.13. The molecule has 13 heteroatoms. The van der Waals surface area contributed by atoms with Crippen LogP contribution in [0.15, 0.2) is 42.7 Å². The number of nitrogens with one attached hydrogen (secondary N) is 2. The van der Waals surface area contributed by atoms with Gasteiger partial charge in [0.15, 0.2) is 5.65 Å². The number of carbonyl (C=O) groups is 2. The number of carboxylic acids is 1. The number of amides is 1. The Balaban J connectivity index is 0.000000406. The van der Waals surface area contributed by atoms with Gasteiger partial charge in [-0.25, -0.2) is 14.3 Å². The van der Waals surface area contributed by atoms with Crippen LogP contribution in [0.3, 0.4) is 0 Å². The molecule has 34 heavy (non-hydrogen) atoms. The lowest BCUT2D eigenvalue weighted by molar-refractivity contribution is -0.192. The number of halogens is 4. The van der Waals surface area contributed by atoms with E-state index < -0.39 is 12.1 Å². The molecule has 0 spiro atoms. The Morgan fingerprint density at radius 3 is 2.50 bits per heavy atom. The Morgan fingerprint density at radius 2 is 1.85 bits per heavy atom. The number of nitrogens with zero attached hydrogens (tertiary/aromatic N) is 3. The van der Waals surface area contributed by atoms with E-state index in [2.05, 4.69) is 20.7 Å². The predicted molar refractivity (Wildman–Crippen MR) is 120 cm³/mol. The molecule has 1 aliphatic rings. The predicted octanol–water partition coefficient (Wildman–Crippen LogP) is 3.95. The number of para-hydroxylation sites is 1. The van der Waals surface area contributed by atoms with Crippen molar-refractivity contribution in [1.29, 1.82) is 0 Å². The summed E-state index contributed by atoms with van der Waals surface area (Å²) >= 11 is 6.12. The number of carbonyl (C=O) groups excluding carboxylic acids is 1. The van der Waals surface area contributed by atoms with E-state index in [9.17, 15) is 18.0 Å². The molecule has 0 unspecified atom stereocenters. The number of benzene rings is 1. The van der Waals surface area contributed by atoms with E-state index >= 15 is 0 Å². The van der Waals surface area contributed by atoms with Crippen LogP contribution in [0, 0.1) is 0 Å². The molecule has 2 aromatic heterocycles. The molecule has 0 radical (unpaired) electrons. The maximum Gasteiger partial charge on any atom is 0.490 e. The minimum Gasteiger partial charge on any atom is -0.475 e. The summed E-state index contributed by atoms with van der Waals surface area (Å²) in [6, 6.07) is 9.24. The molecule has 3 aromatic rings. The van der Waals surface area contributed by atoms with Crippen LogP contribution >= 0.6 is 11.6 Å². The summed E-state index contributed by atoms with van der Waals surface area (Å²) in [4.78, 5) is 26.2. The lowest BCUT2D eigenvalue weighted by Crippen LogP contribution is -2.42. The van der Waals surface area contributed by atoms with Gasteiger partial charge in [-0.05, 0) is 31.0 Å². The fourth-order valence-electron chi connectivity index (χ4n) is 3.39. The number of anilines is 2. The van der Waals surface area contributed by atoms with Gasteiger partial charge in [-0.2, -0.15) is 18.3 Å². The number of alkyl halides is 3. The summed E-state index contributed by atoms with van der Waals surface area (Å²) in [5.74, 6) is -2.37. The van der Waals surface area contributed by atoms with Crippen molar-refractivity contribution in [2.24, 2.45) is 5.73 Å². The molecule has 9 nitrogen and oxygen atoms in total. The number of fused-ring (bicyclic) bond motifs is 1. The van der Waals surface area contributed by atoms with Gasteiger partial charge >= 0.3 is 12.1 Å². The Morgan fingerprint density at radius 1 is 1.18 bits per heavy atom. The van der Waals surface area contributed by atoms with Gasteiger partial charge in [0.25, 0.3) is 5.91 Å². The van der Waals surface area contributed by atoms with Crippen molar-refractivity contribution in [1.82, 2.24) is 14.6 Å². The molecule has 1 aliphatic carbocycles. The van der Waals surface area contributed by atoms with Crippen LogP contribution in [0.2, 0.25) is 5.02 Å². The average Bonchev–Trinajstić information content (AvgIpc) is 3.20. The van der Waals surface area contributed by atoms with Gasteiger partial charge in [0.05, 0.1) is 16.9 Å². The van der Waals surface area contributed by atoms with Gasteiger partial charge in [-0.15, -0.1) is 0 Å². The van der Waals surface area contributed by atoms with Gasteiger partial charge in [-0.1, -0.05) is 36.6 Å². The Kier molecular flexibility index (Phi) is 7.94. The first-order valence-corrected chi connectivity index (χ1v) is 10.7. The highest BCUT2D eigenvalue weighted by molar-refractivity contribution is 6.34. The summed E-state index contributed by atoms with van der Waals surface area (Å²) in [5, 5.41) is 18.0. The molecule has 1 saturated carbocycles. The van der Waals surface area contributed by atoms with Crippen molar-refractivity contribution in [3.63, 3.8) is 0 Å². The minimum atomic E-state index is -5.08. The highest BCUT2D eigenvalue weighted by atomic mass is 35.5. The Hall–Kier alpha value is -3.38. The third-order valence-corrected chi connectivity index (χ3v) is 5.46. The van der Waals surface area contributed by atoms with Crippen molar-refractivity contribution < 1.29 is 27.9 Å². The quantitative estimate of drug-likeness (QED) is 0.427. The maximum absolute atomic E-state index is 12.7. The Labute approximate surface area is 197 Å². The van der Waals surface area contributed by atoms with E-state index in [4.69, 9.17) is 27.2 Å². The van der Waals surface area contributed by atoms with E-state index in [1.165, 1.54) is 12.6 Å². The zero-order valence-electron chi connectivity index (χ0n) is 17.7. The minimum absolute atomic E-state index is 0.115. The van der Waals surface area contributed by atoms with Crippen LogP contribution in [0.4, 0.5) is 24.7 Å². The van der Waals surface area contributed by atoms with Crippen LogP contribution in [-0.2, 0) is 4.79 Å². The summed E-state index contributed by atoms with van der Waals surface area (Å²) in [6.45, 7) is 0. The molecule has 5 N–H and O–H groups in total. The number of nitrogens with two attached hydrogens (primary N) is 1. The first-order valence-electron chi connectivity index (χ1n) is 10.3. The van der Waals surface area contributed by atoms with Crippen LogP contribution in [0.5, 0.6) is 0 Å². The van der Waals surface area contributed by atoms with E-state index in [0.717, 1.165) is 19.3 Å². The molecule has 1 fully saturated rings. The highest BCUT2D eigenvalue weighted by Gasteiger charge is 2.38. The number of carboxylic acid groups (broad SMARTS) is 1. The number of rotatable bonds is 4. The summed E-state index contributed by atoms with van der Waals surface area (Å²) in [5.41, 5.74) is 7.62. The van der Waals surface area contributed by atoms with Crippen molar-refractivity contribution in [3.05, 3.63) is 53.3 Å². The zero-order valence-corrected chi connectivity index (χ0v) is 18.5. The highest BCUT2D eigenvalue weighted by Crippen LogP contribution is 2.23. The lowest BCUT2D eigenvalue weighted by Gasteiger charge is -2.29. The number of hydrogen-bond acceptors (Lipinski definition) is 6. The molecule has 2 atom stereocenters. The molecule has 4 rings (SSSR count). The largest absolute Gasteiger partial charge is 0.490 e. The SMILES string of the molecule is N[C@H]1CCCC[C@H]1Nc1ccn2ncc(C(=O)Nc3ccccc3Cl)c2n1.O=C(O)C(F)(F)F. The smallest absolute Gasteiger partial charge is 0.475 e. The molecule has 0 bridgehead atoms. The summed E-state index contributed by atoms with van der Waals surface area (Å²) in [6.07, 6.45) is 2.56. The molecule has 2 heterocycles. The molecule has 1 amide bonds. The molecular weight excluding hydrogens is 477 g/mol. The topological polar surface area (TPSA) is 135 Å². The van der Waals surface area contributed by atoms with Gasteiger partial charge in [0.2, 0.25) is 0 Å². The molecule has 182 valence electrons. The lowest BCUT2D eigenvalue weighted by atomic mass is 9.91. The molecule has 1 aromatic carbocycles. The first kappa shape index (κ1) is 25.2. The normalized spacial score (nSPS) is 18.0. The second-order valence-electron chi connectivity index (χ2n) is 7.58. The summed E-state index contributed by atoms with van der Waals surface area (Å²) in [7, 11) is 0. The number of aliphatic carboxylic acids is 1. The summed E-state index contributed by atoms with van der Waals surface area (Å²) < 4.78 is 33.3.